The maximum absolute atomic E-state index is 11.9. The van der Waals surface area contributed by atoms with Crippen LogP contribution in [0.1, 0.15) is 35.2 Å². The first kappa shape index (κ1) is 17.8. The summed E-state index contributed by atoms with van der Waals surface area (Å²) in [5, 5.41) is 25.7. The maximum atomic E-state index is 11.9. The predicted molar refractivity (Wildman–Crippen MR) is 101 cm³/mol. The third-order valence-corrected chi connectivity index (χ3v) is 4.38. The monoisotopic (exact) mass is 353 g/mol. The number of para-hydroxylation sites is 1. The van der Waals surface area contributed by atoms with Gasteiger partial charge in [-0.3, -0.25) is 9.79 Å². The Hall–Kier alpha value is -3.02. The van der Waals surface area contributed by atoms with Gasteiger partial charge in [0.2, 0.25) is 0 Å². The Morgan fingerprint density at radius 1 is 1.12 bits per heavy atom. The first-order chi connectivity index (χ1) is 12.6. The van der Waals surface area contributed by atoms with Gasteiger partial charge >= 0.3 is 0 Å². The van der Waals surface area contributed by atoms with E-state index >= 15 is 0 Å². The second-order valence-corrected chi connectivity index (χ2v) is 6.32. The summed E-state index contributed by atoms with van der Waals surface area (Å²) in [6.45, 7) is 1.28. The van der Waals surface area contributed by atoms with Gasteiger partial charge < -0.3 is 20.8 Å². The van der Waals surface area contributed by atoms with Crippen LogP contribution in [0.2, 0.25) is 0 Å². The minimum Gasteiger partial charge on any atom is -0.504 e. The van der Waals surface area contributed by atoms with Crippen LogP contribution < -0.4 is 10.6 Å². The maximum Gasteiger partial charge on any atom is 0.251 e. The second kappa shape index (κ2) is 8.38. The lowest BCUT2D eigenvalue weighted by Gasteiger charge is -2.13. The number of rotatable bonds is 7. The predicted octanol–water partition coefficient (Wildman–Crippen LogP) is 2.42. The summed E-state index contributed by atoms with van der Waals surface area (Å²) in [5.41, 5.74) is 1.19. The van der Waals surface area contributed by atoms with Gasteiger partial charge in [0, 0.05) is 18.2 Å². The summed E-state index contributed by atoms with van der Waals surface area (Å²) >= 11 is 0. The van der Waals surface area contributed by atoms with Crippen LogP contribution >= 0.6 is 0 Å². The third-order valence-electron chi connectivity index (χ3n) is 4.38. The van der Waals surface area contributed by atoms with Crippen molar-refractivity contribution in [2.24, 2.45) is 4.99 Å². The topological polar surface area (TPSA) is 94.0 Å². The van der Waals surface area contributed by atoms with E-state index in [0.717, 1.165) is 19.3 Å². The van der Waals surface area contributed by atoms with E-state index in [9.17, 15) is 15.0 Å². The standard InChI is InChI=1S/C20H23N3O3/c24-17-11-6-10-16(18(17)25)19-22-13-15(23-19)9-4-5-12-21-20(26)14-7-2-1-3-8-14/h1-3,6-8,10-11,15,24-25H,4-5,9,12-13H2,(H,21,26)(H,22,23)/t15-/m0/s1. The summed E-state index contributed by atoms with van der Waals surface area (Å²) in [7, 11) is 0. The zero-order valence-electron chi connectivity index (χ0n) is 14.5. The Kier molecular flexibility index (Phi) is 5.73. The van der Waals surface area contributed by atoms with Crippen LogP contribution in [0, 0.1) is 0 Å². The van der Waals surface area contributed by atoms with Gasteiger partial charge in [-0.25, -0.2) is 0 Å². The van der Waals surface area contributed by atoms with Crippen LogP contribution in [0.4, 0.5) is 0 Å². The third kappa shape index (κ3) is 4.33. The molecule has 0 saturated carbocycles. The molecular formula is C20H23N3O3. The van der Waals surface area contributed by atoms with E-state index < -0.39 is 0 Å². The fourth-order valence-electron chi connectivity index (χ4n) is 2.94. The lowest BCUT2D eigenvalue weighted by atomic mass is 10.1. The summed E-state index contributed by atoms with van der Waals surface area (Å²) in [6, 6.07) is 14.2. The van der Waals surface area contributed by atoms with E-state index in [4.69, 9.17) is 0 Å². The number of nitrogens with zero attached hydrogens (tertiary/aromatic N) is 1. The summed E-state index contributed by atoms with van der Waals surface area (Å²) in [4.78, 5) is 16.4. The number of amidine groups is 1. The quantitative estimate of drug-likeness (QED) is 0.454. The smallest absolute Gasteiger partial charge is 0.251 e. The normalized spacial score (nSPS) is 16.0. The van der Waals surface area contributed by atoms with Crippen molar-refractivity contribution in [3.63, 3.8) is 0 Å². The SMILES string of the molecule is O=C(NCCCC[C@H]1CN=C(c2cccc(O)c2O)N1)c1ccccc1. The molecule has 0 aromatic heterocycles. The first-order valence-corrected chi connectivity index (χ1v) is 8.80. The van der Waals surface area contributed by atoms with Gasteiger partial charge in [0.1, 0.15) is 5.84 Å². The van der Waals surface area contributed by atoms with Gasteiger partial charge in [-0.05, 0) is 43.5 Å². The number of benzene rings is 2. The number of carbonyl (C=O) groups is 1. The van der Waals surface area contributed by atoms with Crippen LogP contribution in [-0.2, 0) is 0 Å². The van der Waals surface area contributed by atoms with Gasteiger partial charge in [-0.2, -0.15) is 0 Å². The van der Waals surface area contributed by atoms with E-state index in [2.05, 4.69) is 15.6 Å². The van der Waals surface area contributed by atoms with Crippen LogP contribution in [0.15, 0.2) is 53.5 Å². The molecule has 1 aliphatic heterocycles. The molecule has 1 aliphatic rings. The van der Waals surface area contributed by atoms with E-state index in [1.807, 2.05) is 18.2 Å². The van der Waals surface area contributed by atoms with Crippen molar-refractivity contribution in [1.29, 1.82) is 0 Å². The van der Waals surface area contributed by atoms with Crippen molar-refractivity contribution >= 4 is 11.7 Å². The van der Waals surface area contributed by atoms with Crippen LogP contribution in [-0.4, -0.2) is 41.1 Å². The van der Waals surface area contributed by atoms with E-state index in [1.54, 1.807) is 24.3 Å². The molecule has 136 valence electrons. The first-order valence-electron chi connectivity index (χ1n) is 8.80. The molecule has 2 aromatic rings. The van der Waals surface area contributed by atoms with E-state index in [-0.39, 0.29) is 23.4 Å². The molecule has 1 amide bonds. The molecule has 4 N–H and O–H groups in total. The number of unbranched alkanes of at least 4 members (excludes halogenated alkanes) is 1. The van der Waals surface area contributed by atoms with Crippen LogP contribution in [0.25, 0.3) is 0 Å². The lowest BCUT2D eigenvalue weighted by Crippen LogP contribution is -2.31. The Labute approximate surface area is 152 Å². The number of phenolic OH excluding ortho intramolecular Hbond substituents is 2. The minimum absolute atomic E-state index is 0.0467. The average Bonchev–Trinajstić information content (AvgIpc) is 3.13. The van der Waals surface area contributed by atoms with Gasteiger partial charge in [-0.1, -0.05) is 24.3 Å². The average molecular weight is 353 g/mol. The van der Waals surface area contributed by atoms with Crippen molar-refractivity contribution in [3.8, 4) is 11.5 Å². The van der Waals surface area contributed by atoms with Crippen molar-refractivity contribution in [3.05, 3.63) is 59.7 Å². The Bertz CT molecular complexity index is 790. The van der Waals surface area contributed by atoms with Crippen molar-refractivity contribution < 1.29 is 15.0 Å². The molecule has 0 saturated heterocycles. The van der Waals surface area contributed by atoms with E-state index in [0.29, 0.717) is 30.1 Å². The number of phenols is 2. The summed E-state index contributed by atoms with van der Waals surface area (Å²) in [5.74, 6) is 0.267. The lowest BCUT2D eigenvalue weighted by molar-refractivity contribution is 0.0953. The van der Waals surface area contributed by atoms with E-state index in [1.165, 1.54) is 6.07 Å². The molecule has 0 unspecified atom stereocenters. The fourth-order valence-corrected chi connectivity index (χ4v) is 2.94. The zero-order valence-corrected chi connectivity index (χ0v) is 14.5. The molecule has 0 bridgehead atoms. The molecule has 3 rings (SSSR count). The molecule has 0 spiro atoms. The molecule has 1 atom stereocenters. The number of amides is 1. The Balaban J connectivity index is 1.37. The molecule has 1 heterocycles. The highest BCUT2D eigenvalue weighted by molar-refractivity contribution is 6.02. The highest BCUT2D eigenvalue weighted by Gasteiger charge is 2.21. The molecule has 6 nitrogen and oxygen atoms in total. The highest BCUT2D eigenvalue weighted by Crippen LogP contribution is 2.29. The van der Waals surface area contributed by atoms with Crippen LogP contribution in [0.3, 0.4) is 0 Å². The highest BCUT2D eigenvalue weighted by atomic mass is 16.3. The molecule has 0 fully saturated rings. The number of hydrogen-bond acceptors (Lipinski definition) is 5. The van der Waals surface area contributed by atoms with Crippen molar-refractivity contribution in [2.45, 2.75) is 25.3 Å². The Morgan fingerprint density at radius 2 is 1.92 bits per heavy atom. The number of aromatic hydroxyl groups is 2. The van der Waals surface area contributed by atoms with Crippen molar-refractivity contribution in [1.82, 2.24) is 10.6 Å². The molecular weight excluding hydrogens is 330 g/mol. The molecule has 26 heavy (non-hydrogen) atoms. The fraction of sp³-hybridized carbons (Fsp3) is 0.300. The molecule has 0 radical (unpaired) electrons. The largest absolute Gasteiger partial charge is 0.504 e. The van der Waals surface area contributed by atoms with Gasteiger partial charge in [0.05, 0.1) is 12.1 Å². The van der Waals surface area contributed by atoms with Crippen LogP contribution in [0.5, 0.6) is 11.5 Å². The summed E-state index contributed by atoms with van der Waals surface area (Å²) in [6.07, 6.45) is 2.78. The number of aliphatic imine (C=N–C) groups is 1. The second-order valence-electron chi connectivity index (χ2n) is 6.32. The number of hydrogen-bond donors (Lipinski definition) is 4. The van der Waals surface area contributed by atoms with Gasteiger partial charge in [0.25, 0.3) is 5.91 Å². The Morgan fingerprint density at radius 3 is 2.73 bits per heavy atom. The molecule has 6 heteroatoms. The zero-order chi connectivity index (χ0) is 18.4. The summed E-state index contributed by atoms with van der Waals surface area (Å²) < 4.78 is 0. The van der Waals surface area contributed by atoms with Gasteiger partial charge in [0.15, 0.2) is 11.5 Å². The molecule has 0 aliphatic carbocycles. The number of nitrogens with one attached hydrogen (secondary N) is 2. The minimum atomic E-state index is -0.150. The molecule has 2 aromatic carbocycles. The van der Waals surface area contributed by atoms with Gasteiger partial charge in [-0.15, -0.1) is 0 Å². The number of carbonyl (C=O) groups excluding carboxylic acids is 1. The van der Waals surface area contributed by atoms with Crippen molar-refractivity contribution in [2.75, 3.05) is 13.1 Å².